The minimum Gasteiger partial charge on any atom is -0.473 e. The number of carbonyl (C=O) groups excluding carboxylic acids is 3. The van der Waals surface area contributed by atoms with Gasteiger partial charge in [0.05, 0.1) is 0 Å². The van der Waals surface area contributed by atoms with Crippen molar-refractivity contribution in [2.75, 3.05) is 5.75 Å². The molecule has 1 aromatic carbocycles. The number of ether oxygens (including phenoxy) is 1. The van der Waals surface area contributed by atoms with E-state index < -0.39 is 62.7 Å². The lowest BCUT2D eigenvalue weighted by molar-refractivity contribution is -0.236. The molecule has 1 fully saturated rings. The van der Waals surface area contributed by atoms with Crippen molar-refractivity contribution in [3.8, 4) is 16.9 Å². The number of Topliss-reactive ketones (excluding diaryl/α,β-unsaturated/α-hetero) is 3. The number of thioether (sulfide) groups is 1. The molecule has 3 rings (SSSR count). The van der Waals surface area contributed by atoms with Crippen LogP contribution in [-0.2, 0) is 14.4 Å². The minimum atomic E-state index is -3.32. The van der Waals surface area contributed by atoms with Crippen LogP contribution in [0.5, 0.6) is 5.75 Å². The third kappa shape index (κ3) is 3.72. The van der Waals surface area contributed by atoms with Crippen LogP contribution >= 0.6 is 11.8 Å². The molecule has 2 aromatic rings. The number of benzene rings is 1. The van der Waals surface area contributed by atoms with Gasteiger partial charge < -0.3 is 20.1 Å². The molecule has 3 N–H and O–H groups in total. The zero-order chi connectivity index (χ0) is 25.6. The molecule has 1 aromatic heterocycles. The van der Waals surface area contributed by atoms with Gasteiger partial charge in [0, 0.05) is 23.2 Å². The van der Waals surface area contributed by atoms with Gasteiger partial charge in [-0.1, -0.05) is 6.07 Å². The van der Waals surface area contributed by atoms with Crippen LogP contribution in [0.15, 0.2) is 30.5 Å². The number of nitrogens with zero attached hydrogens (tertiary/aromatic N) is 1. The van der Waals surface area contributed by atoms with Crippen LogP contribution in [0.25, 0.3) is 11.1 Å². The predicted octanol–water partition coefficient (Wildman–Crippen LogP) is 1.75. The van der Waals surface area contributed by atoms with Gasteiger partial charge in [-0.15, -0.1) is 11.8 Å². The quantitative estimate of drug-likeness (QED) is 0.548. The van der Waals surface area contributed by atoms with E-state index in [1.54, 1.807) is 19.1 Å². The molecular formula is C23H23F2NO7S. The molecule has 4 atom stereocenters. The van der Waals surface area contributed by atoms with E-state index in [4.69, 9.17) is 4.74 Å². The van der Waals surface area contributed by atoms with Crippen molar-refractivity contribution in [1.29, 1.82) is 0 Å². The second-order valence-electron chi connectivity index (χ2n) is 8.22. The highest BCUT2D eigenvalue weighted by Gasteiger charge is 2.75. The highest BCUT2D eigenvalue weighted by atomic mass is 32.2. The van der Waals surface area contributed by atoms with Gasteiger partial charge >= 0.3 is 0 Å². The molecular weight excluding hydrogens is 472 g/mol. The number of hydrogen-bond acceptors (Lipinski definition) is 9. The number of rotatable bonds is 6. The normalized spacial score (nSPS) is 28.9. The van der Waals surface area contributed by atoms with Crippen molar-refractivity contribution >= 4 is 29.1 Å². The SMILES string of the molecule is CC(=O)[C@]1(O)[C@@](O)(C(C)=O)CS[C@H](Oc2cc(-c3ccc(C)nc3)cc(F)c2F)[C@@]1(O)C(C)=O. The number of aryl methyl sites for hydroxylation is 1. The van der Waals surface area contributed by atoms with Crippen LogP contribution < -0.4 is 4.74 Å². The standard InChI is InChI=1S/C23H23F2NO7S/c1-11-5-6-15(9-26-11)16-7-17(24)19(25)18(8-16)33-20-22(31,13(3)28)23(32,14(4)29)21(30,10-34-20)12(2)27/h5-9,20,30-32H,10H2,1-4H3/t20-,21-,22-,23-/m0/s1. The highest BCUT2D eigenvalue weighted by molar-refractivity contribution is 8.00. The monoisotopic (exact) mass is 495 g/mol. The van der Waals surface area contributed by atoms with Crippen LogP contribution in [0.3, 0.4) is 0 Å². The second-order valence-corrected chi connectivity index (χ2v) is 9.28. The van der Waals surface area contributed by atoms with Crippen LogP contribution in [-0.4, -0.2) is 65.6 Å². The van der Waals surface area contributed by atoms with Gasteiger partial charge in [0.2, 0.25) is 11.4 Å². The fourth-order valence-corrected chi connectivity index (χ4v) is 5.49. The minimum absolute atomic E-state index is 0.163. The second kappa shape index (κ2) is 8.81. The largest absolute Gasteiger partial charge is 0.473 e. The van der Waals surface area contributed by atoms with E-state index in [1.807, 2.05) is 0 Å². The zero-order valence-electron chi connectivity index (χ0n) is 18.8. The molecule has 0 saturated carbocycles. The van der Waals surface area contributed by atoms with E-state index in [-0.39, 0.29) is 5.56 Å². The first-order valence-corrected chi connectivity index (χ1v) is 11.2. The first kappa shape index (κ1) is 25.9. The summed E-state index contributed by atoms with van der Waals surface area (Å²) in [5, 5.41) is 33.4. The van der Waals surface area contributed by atoms with Crippen molar-refractivity contribution in [2.24, 2.45) is 0 Å². The van der Waals surface area contributed by atoms with Gasteiger partial charge in [0.1, 0.15) is 0 Å². The summed E-state index contributed by atoms with van der Waals surface area (Å²) in [6.07, 6.45) is 1.43. The molecule has 34 heavy (non-hydrogen) atoms. The lowest BCUT2D eigenvalue weighted by Gasteiger charge is -2.54. The van der Waals surface area contributed by atoms with Gasteiger partial charge in [0.15, 0.2) is 45.6 Å². The topological polar surface area (TPSA) is 134 Å². The molecule has 1 aliphatic heterocycles. The Labute approximate surface area is 198 Å². The average molecular weight is 496 g/mol. The first-order chi connectivity index (χ1) is 15.7. The Balaban J connectivity index is 2.14. The molecule has 182 valence electrons. The zero-order valence-corrected chi connectivity index (χ0v) is 19.6. The van der Waals surface area contributed by atoms with E-state index in [9.17, 15) is 38.5 Å². The van der Waals surface area contributed by atoms with Gasteiger partial charge in [0.25, 0.3) is 0 Å². The summed E-state index contributed by atoms with van der Waals surface area (Å²) >= 11 is 0.489. The first-order valence-electron chi connectivity index (χ1n) is 10.1. The van der Waals surface area contributed by atoms with Crippen LogP contribution in [0.4, 0.5) is 8.78 Å². The molecule has 0 amide bonds. The maximum absolute atomic E-state index is 14.7. The molecule has 1 saturated heterocycles. The molecule has 0 spiro atoms. The Hall–Kier alpha value is -2.73. The van der Waals surface area contributed by atoms with E-state index in [2.05, 4.69) is 4.98 Å². The van der Waals surface area contributed by atoms with Crippen molar-refractivity contribution < 1.29 is 43.2 Å². The van der Waals surface area contributed by atoms with E-state index in [0.29, 0.717) is 23.0 Å². The van der Waals surface area contributed by atoms with Gasteiger partial charge in [-0.25, -0.2) is 4.39 Å². The molecule has 2 heterocycles. The number of carbonyl (C=O) groups is 3. The van der Waals surface area contributed by atoms with Crippen LogP contribution in [0.1, 0.15) is 26.5 Å². The van der Waals surface area contributed by atoms with E-state index in [1.165, 1.54) is 6.20 Å². The maximum atomic E-state index is 14.7. The lowest BCUT2D eigenvalue weighted by atomic mass is 9.65. The number of halogens is 2. The summed E-state index contributed by atoms with van der Waals surface area (Å²) in [6, 6.07) is 5.27. The van der Waals surface area contributed by atoms with Crippen LogP contribution in [0, 0.1) is 18.6 Å². The summed E-state index contributed by atoms with van der Waals surface area (Å²) in [7, 11) is 0. The van der Waals surface area contributed by atoms with Gasteiger partial charge in [-0.05, 0) is 51.5 Å². The van der Waals surface area contributed by atoms with Crippen molar-refractivity contribution in [2.45, 2.75) is 49.9 Å². The number of hydrogen-bond donors (Lipinski definition) is 3. The predicted molar refractivity (Wildman–Crippen MR) is 118 cm³/mol. The lowest BCUT2D eigenvalue weighted by Crippen LogP contribution is -2.82. The van der Waals surface area contributed by atoms with E-state index in [0.717, 1.165) is 32.9 Å². The highest BCUT2D eigenvalue weighted by Crippen LogP contribution is 2.49. The summed E-state index contributed by atoms with van der Waals surface area (Å²) in [6.45, 7) is 4.21. The molecule has 0 radical (unpaired) electrons. The Kier molecular flexibility index (Phi) is 6.70. The summed E-state index contributed by atoms with van der Waals surface area (Å²) in [4.78, 5) is 41.3. The maximum Gasteiger partial charge on any atom is 0.208 e. The van der Waals surface area contributed by atoms with Crippen molar-refractivity contribution in [1.82, 2.24) is 4.98 Å². The molecule has 11 heteroatoms. The summed E-state index contributed by atoms with van der Waals surface area (Å²) in [5.41, 5.74) is -9.97. The molecule has 1 aliphatic rings. The van der Waals surface area contributed by atoms with Crippen LogP contribution in [0.2, 0.25) is 0 Å². The van der Waals surface area contributed by atoms with Crippen molar-refractivity contribution in [3.05, 3.63) is 47.8 Å². The number of pyridine rings is 1. The third-order valence-corrected chi connectivity index (χ3v) is 7.36. The molecule has 0 unspecified atom stereocenters. The van der Waals surface area contributed by atoms with Gasteiger partial charge in [-0.3, -0.25) is 19.4 Å². The molecule has 0 bridgehead atoms. The average Bonchev–Trinajstić information content (AvgIpc) is 2.76. The number of ketones is 3. The smallest absolute Gasteiger partial charge is 0.208 e. The van der Waals surface area contributed by atoms with E-state index >= 15 is 0 Å². The third-order valence-electron chi connectivity index (χ3n) is 6.04. The molecule has 8 nitrogen and oxygen atoms in total. The Morgan fingerprint density at radius 3 is 2.18 bits per heavy atom. The van der Waals surface area contributed by atoms with Crippen molar-refractivity contribution in [3.63, 3.8) is 0 Å². The Morgan fingerprint density at radius 1 is 1.03 bits per heavy atom. The fourth-order valence-electron chi connectivity index (χ4n) is 3.93. The number of aromatic nitrogens is 1. The Morgan fingerprint density at radius 2 is 1.68 bits per heavy atom. The van der Waals surface area contributed by atoms with Gasteiger partial charge in [-0.2, -0.15) is 4.39 Å². The Bertz CT molecular complexity index is 1170. The summed E-state index contributed by atoms with van der Waals surface area (Å²) in [5.74, 6) is -7.76. The number of aliphatic hydroxyl groups is 3. The fraction of sp³-hybridized carbons (Fsp3) is 0.391. The molecule has 0 aliphatic carbocycles. The summed E-state index contributed by atoms with van der Waals surface area (Å²) < 4.78 is 34.6.